The first-order chi connectivity index (χ1) is 4.61. The van der Waals surface area contributed by atoms with Gasteiger partial charge in [0.25, 0.3) is 0 Å². The molecule has 62 valence electrons. The van der Waals surface area contributed by atoms with Crippen molar-refractivity contribution in [3.05, 3.63) is 30.3 Å². The maximum absolute atomic E-state index is 2.16. The summed E-state index contributed by atoms with van der Waals surface area (Å²) in [5.41, 5.74) is 1.34. The fourth-order valence-corrected chi connectivity index (χ4v) is 0.875. The predicted octanol–water partition coefficient (Wildman–Crippen LogP) is -1.11. The van der Waals surface area contributed by atoms with Gasteiger partial charge in [-0.3, -0.25) is 4.48 Å². The SMILES string of the molecule is C[N+](C)(C)c1ccccc1.[I-]. The Morgan fingerprint density at radius 3 is 1.64 bits per heavy atom. The van der Waals surface area contributed by atoms with Gasteiger partial charge in [-0.25, -0.2) is 0 Å². The molecule has 0 aromatic heterocycles. The van der Waals surface area contributed by atoms with Crippen LogP contribution in [-0.4, -0.2) is 21.1 Å². The zero-order chi connectivity index (χ0) is 7.61. The third-order valence-corrected chi connectivity index (χ3v) is 1.53. The Balaban J connectivity index is 0.000001000. The van der Waals surface area contributed by atoms with E-state index in [2.05, 4.69) is 45.4 Å². The van der Waals surface area contributed by atoms with Crippen molar-refractivity contribution in [2.75, 3.05) is 21.1 Å². The standard InChI is InChI=1S/C9H14N.HI/c1-10(2,3)9-7-5-4-6-8-9;/h4-8H,1-3H3;1H/q+1;/p-1. The fraction of sp³-hybridized carbons (Fsp3) is 0.333. The highest BCUT2D eigenvalue weighted by Crippen LogP contribution is 2.14. The number of benzene rings is 1. The molecule has 11 heavy (non-hydrogen) atoms. The van der Waals surface area contributed by atoms with E-state index in [-0.39, 0.29) is 24.0 Å². The minimum atomic E-state index is 0. The molecule has 0 radical (unpaired) electrons. The summed E-state index contributed by atoms with van der Waals surface area (Å²) >= 11 is 0. The Bertz CT molecular complexity index is 201. The molecule has 0 saturated heterocycles. The summed E-state index contributed by atoms with van der Waals surface area (Å²) in [6.45, 7) is 0. The summed E-state index contributed by atoms with van der Waals surface area (Å²) in [7, 11) is 6.49. The van der Waals surface area contributed by atoms with Gasteiger partial charge in [0.1, 0.15) is 5.69 Å². The molecule has 1 aromatic rings. The molecule has 0 saturated carbocycles. The lowest BCUT2D eigenvalue weighted by Gasteiger charge is -2.22. The summed E-state index contributed by atoms with van der Waals surface area (Å²) in [6, 6.07) is 10.5. The summed E-state index contributed by atoms with van der Waals surface area (Å²) < 4.78 is 0.890. The second kappa shape index (κ2) is 4.07. The average Bonchev–Trinajstić information content (AvgIpc) is 1.88. The minimum absolute atomic E-state index is 0. The highest BCUT2D eigenvalue weighted by molar-refractivity contribution is 5.40. The van der Waals surface area contributed by atoms with Gasteiger partial charge in [-0.1, -0.05) is 18.2 Å². The zero-order valence-corrected chi connectivity index (χ0v) is 9.37. The second-order valence-electron chi connectivity index (χ2n) is 3.35. The number of quaternary nitrogens is 1. The molecule has 0 aliphatic rings. The van der Waals surface area contributed by atoms with Crippen LogP contribution in [0.25, 0.3) is 0 Å². The van der Waals surface area contributed by atoms with Crippen molar-refractivity contribution in [2.45, 2.75) is 0 Å². The largest absolute Gasteiger partial charge is 1.00 e. The van der Waals surface area contributed by atoms with Crippen LogP contribution in [0, 0.1) is 0 Å². The molecular formula is C9H14IN. The van der Waals surface area contributed by atoms with E-state index in [0.717, 1.165) is 4.48 Å². The van der Waals surface area contributed by atoms with Gasteiger partial charge in [-0.2, -0.15) is 0 Å². The highest BCUT2D eigenvalue weighted by atomic mass is 127. The van der Waals surface area contributed by atoms with Gasteiger partial charge in [-0.15, -0.1) is 0 Å². The molecule has 0 heterocycles. The van der Waals surface area contributed by atoms with Crippen LogP contribution < -0.4 is 28.5 Å². The molecule has 1 rings (SSSR count). The third-order valence-electron chi connectivity index (χ3n) is 1.53. The summed E-state index contributed by atoms with van der Waals surface area (Å²) in [5.74, 6) is 0. The van der Waals surface area contributed by atoms with E-state index in [4.69, 9.17) is 0 Å². The lowest BCUT2D eigenvalue weighted by Crippen LogP contribution is -3.00. The number of rotatable bonds is 1. The average molecular weight is 263 g/mol. The number of para-hydroxylation sites is 1. The Morgan fingerprint density at radius 1 is 0.909 bits per heavy atom. The van der Waals surface area contributed by atoms with Crippen molar-refractivity contribution in [1.29, 1.82) is 0 Å². The number of nitrogens with zero attached hydrogens (tertiary/aromatic N) is 1. The molecule has 0 aliphatic heterocycles. The summed E-state index contributed by atoms with van der Waals surface area (Å²) in [4.78, 5) is 0. The molecule has 0 spiro atoms. The van der Waals surface area contributed by atoms with E-state index in [1.807, 2.05) is 6.07 Å². The van der Waals surface area contributed by atoms with Crippen molar-refractivity contribution in [1.82, 2.24) is 4.48 Å². The van der Waals surface area contributed by atoms with Crippen LogP contribution in [0.3, 0.4) is 0 Å². The first kappa shape index (κ1) is 10.9. The number of hydrogen-bond acceptors (Lipinski definition) is 0. The molecule has 2 heteroatoms. The predicted molar refractivity (Wildman–Crippen MR) is 46.0 cm³/mol. The van der Waals surface area contributed by atoms with Gasteiger partial charge in [-0.05, 0) is 12.1 Å². The van der Waals surface area contributed by atoms with E-state index in [1.165, 1.54) is 5.69 Å². The second-order valence-corrected chi connectivity index (χ2v) is 3.35. The quantitative estimate of drug-likeness (QED) is 0.445. The molecule has 0 bridgehead atoms. The molecule has 0 amide bonds. The van der Waals surface area contributed by atoms with Crippen LogP contribution in [0.15, 0.2) is 30.3 Å². The number of hydrogen-bond donors (Lipinski definition) is 0. The van der Waals surface area contributed by atoms with Crippen molar-refractivity contribution < 1.29 is 24.0 Å². The van der Waals surface area contributed by atoms with Gasteiger partial charge in [0, 0.05) is 0 Å². The fourth-order valence-electron chi connectivity index (χ4n) is 0.875. The van der Waals surface area contributed by atoms with Gasteiger partial charge >= 0.3 is 0 Å². The molecule has 0 N–H and O–H groups in total. The van der Waals surface area contributed by atoms with E-state index >= 15 is 0 Å². The Hall–Kier alpha value is -0.0900. The van der Waals surface area contributed by atoms with E-state index < -0.39 is 0 Å². The topological polar surface area (TPSA) is 0 Å². The first-order valence-electron chi connectivity index (χ1n) is 3.48. The molecular weight excluding hydrogens is 249 g/mol. The van der Waals surface area contributed by atoms with Crippen LogP contribution in [0.5, 0.6) is 0 Å². The van der Waals surface area contributed by atoms with Crippen LogP contribution >= 0.6 is 0 Å². The van der Waals surface area contributed by atoms with Crippen LogP contribution in [0.1, 0.15) is 0 Å². The van der Waals surface area contributed by atoms with Crippen LogP contribution in [0.2, 0.25) is 0 Å². The highest BCUT2D eigenvalue weighted by Gasteiger charge is 2.08. The van der Waals surface area contributed by atoms with Crippen LogP contribution in [-0.2, 0) is 0 Å². The zero-order valence-electron chi connectivity index (χ0n) is 7.21. The maximum Gasteiger partial charge on any atom is 0.132 e. The normalized spacial score (nSPS) is 10.5. The number of halogens is 1. The molecule has 0 fully saturated rings. The summed E-state index contributed by atoms with van der Waals surface area (Å²) in [6.07, 6.45) is 0. The van der Waals surface area contributed by atoms with Gasteiger partial charge in [0.15, 0.2) is 0 Å². The smallest absolute Gasteiger partial charge is 0.132 e. The molecule has 1 nitrogen and oxygen atoms in total. The van der Waals surface area contributed by atoms with Crippen molar-refractivity contribution >= 4 is 5.69 Å². The first-order valence-corrected chi connectivity index (χ1v) is 3.48. The Morgan fingerprint density at radius 2 is 1.36 bits per heavy atom. The Kier molecular flexibility index (Phi) is 4.03. The minimum Gasteiger partial charge on any atom is -1.00 e. The van der Waals surface area contributed by atoms with Crippen molar-refractivity contribution in [3.63, 3.8) is 0 Å². The molecule has 0 aliphatic carbocycles. The van der Waals surface area contributed by atoms with Crippen molar-refractivity contribution in [3.8, 4) is 0 Å². The molecule has 0 unspecified atom stereocenters. The monoisotopic (exact) mass is 263 g/mol. The lowest BCUT2D eigenvalue weighted by atomic mass is 10.3. The lowest BCUT2D eigenvalue weighted by molar-refractivity contribution is -0.00000235. The van der Waals surface area contributed by atoms with E-state index in [9.17, 15) is 0 Å². The molecule has 1 aromatic carbocycles. The van der Waals surface area contributed by atoms with Gasteiger partial charge < -0.3 is 24.0 Å². The Labute approximate surface area is 85.6 Å². The van der Waals surface area contributed by atoms with Crippen LogP contribution in [0.4, 0.5) is 5.69 Å². The maximum atomic E-state index is 2.16. The van der Waals surface area contributed by atoms with E-state index in [1.54, 1.807) is 0 Å². The molecule has 0 atom stereocenters. The van der Waals surface area contributed by atoms with Gasteiger partial charge in [0.2, 0.25) is 0 Å². The van der Waals surface area contributed by atoms with E-state index in [0.29, 0.717) is 0 Å². The third kappa shape index (κ3) is 3.20. The van der Waals surface area contributed by atoms with Gasteiger partial charge in [0.05, 0.1) is 21.1 Å². The van der Waals surface area contributed by atoms with Crippen molar-refractivity contribution in [2.24, 2.45) is 0 Å². The summed E-state index contributed by atoms with van der Waals surface area (Å²) in [5, 5.41) is 0.